The predicted molar refractivity (Wildman–Crippen MR) is 251 cm³/mol. The highest BCUT2D eigenvalue weighted by Crippen LogP contribution is 2.36. The second kappa shape index (κ2) is 16.8. The molecule has 58 heavy (non-hydrogen) atoms. The minimum Gasteiger partial charge on any atom is -0.313 e. The molecule has 0 atom stereocenters. The molecule has 0 fully saturated rings. The van der Waals surface area contributed by atoms with E-state index in [-0.39, 0.29) is 0 Å². The lowest BCUT2D eigenvalue weighted by Crippen LogP contribution is -2.20. The van der Waals surface area contributed by atoms with Crippen LogP contribution in [0.1, 0.15) is 28.1 Å². The normalized spacial score (nSPS) is 11.9. The molecule has 1 radical (unpaired) electrons. The summed E-state index contributed by atoms with van der Waals surface area (Å²) in [6.45, 7) is 20.8. The minimum absolute atomic E-state index is 0.598. The lowest BCUT2D eigenvalue weighted by molar-refractivity contribution is 0.999. The SMILES string of the molecule is C=C/C=C\c1c(C=C)c(/C=c2/sc([B]C)c(/C=C\C=C)c2=C)n(-c2cccc(-c3nc4cc(-c5nc(-c6ccccc6)nc(-c6ccccc6)n5)ccc4s3)c2)c1C. The third kappa shape index (κ3) is 7.43. The maximum absolute atomic E-state index is 5.18. The van der Waals surface area contributed by atoms with Gasteiger partial charge in [0.15, 0.2) is 24.8 Å². The maximum Gasteiger partial charge on any atom is 0.164 e. The topological polar surface area (TPSA) is 56.5 Å². The fraction of sp³-hybridized carbons (Fsp3) is 0.0400. The van der Waals surface area contributed by atoms with Gasteiger partial charge in [-0.2, -0.15) is 11.3 Å². The quantitative estimate of drug-likeness (QED) is 0.0915. The van der Waals surface area contributed by atoms with Gasteiger partial charge in [-0.1, -0.05) is 148 Å². The summed E-state index contributed by atoms with van der Waals surface area (Å²) in [7, 11) is 2.13. The molecule has 0 aliphatic rings. The van der Waals surface area contributed by atoms with E-state index < -0.39 is 0 Å². The van der Waals surface area contributed by atoms with E-state index in [0.717, 1.165) is 81.0 Å². The van der Waals surface area contributed by atoms with E-state index in [1.54, 1.807) is 34.8 Å². The van der Waals surface area contributed by atoms with E-state index in [1.807, 2.05) is 78.9 Å². The van der Waals surface area contributed by atoms with Gasteiger partial charge >= 0.3 is 0 Å². The molecule has 0 saturated heterocycles. The fourth-order valence-electron chi connectivity index (χ4n) is 7.04. The summed E-state index contributed by atoms with van der Waals surface area (Å²) in [5, 5.41) is 1.90. The van der Waals surface area contributed by atoms with Crippen molar-refractivity contribution in [3.8, 4) is 50.4 Å². The number of nitrogens with zero attached hydrogens (tertiary/aromatic N) is 5. The van der Waals surface area contributed by atoms with Crippen LogP contribution in [0, 0.1) is 6.92 Å². The van der Waals surface area contributed by atoms with E-state index >= 15 is 0 Å². The molecule has 8 heteroatoms. The van der Waals surface area contributed by atoms with Crippen molar-refractivity contribution in [2.24, 2.45) is 0 Å². The number of allylic oxidation sites excluding steroid dienone is 4. The standard InChI is InChI=1S/C50H39BN5S2/c1-7-10-25-40-32(4)45(57-46(40)51-6)31-43-39(9-3)41(26-11-8-2)33(5)56(43)38-24-18-23-37(29-38)50-52-42-30-36(27-28-44(42)58-50)49-54-47(34-19-14-12-15-20-34)53-48(55-49)35-21-16-13-17-22-35/h7-31H,1-4H2,5-6H3/b25-10-,26-11-,45-31+. The second-order valence-electron chi connectivity index (χ2n) is 13.5. The highest BCUT2D eigenvalue weighted by molar-refractivity contribution is 7.21. The molecule has 8 aromatic rings. The first kappa shape index (κ1) is 38.2. The van der Waals surface area contributed by atoms with E-state index in [0.29, 0.717) is 17.5 Å². The molecule has 8 rings (SSSR count). The Morgan fingerprint density at radius 3 is 1.88 bits per heavy atom. The number of thiazole rings is 1. The molecule has 0 spiro atoms. The number of hydrogen-bond donors (Lipinski definition) is 0. The smallest absolute Gasteiger partial charge is 0.164 e. The minimum atomic E-state index is 0.598. The van der Waals surface area contributed by atoms with Crippen molar-refractivity contribution in [1.82, 2.24) is 24.5 Å². The van der Waals surface area contributed by atoms with Gasteiger partial charge in [0.2, 0.25) is 0 Å². The zero-order valence-corrected chi connectivity index (χ0v) is 34.0. The van der Waals surface area contributed by atoms with Crippen LogP contribution in [-0.4, -0.2) is 31.8 Å². The van der Waals surface area contributed by atoms with Gasteiger partial charge in [0, 0.05) is 49.3 Å². The third-order valence-corrected chi connectivity index (χ3v) is 12.2. The second-order valence-corrected chi connectivity index (χ2v) is 15.6. The maximum atomic E-state index is 5.18. The van der Waals surface area contributed by atoms with E-state index in [9.17, 15) is 0 Å². The fourth-order valence-corrected chi connectivity index (χ4v) is 9.05. The number of rotatable bonds is 12. The Morgan fingerprint density at radius 2 is 1.26 bits per heavy atom. The van der Waals surface area contributed by atoms with Crippen LogP contribution in [0.3, 0.4) is 0 Å². The average Bonchev–Trinajstić information content (AvgIpc) is 3.92. The Kier molecular flexibility index (Phi) is 11.0. The van der Waals surface area contributed by atoms with Crippen LogP contribution >= 0.6 is 22.7 Å². The Morgan fingerprint density at radius 1 is 0.638 bits per heavy atom. The molecule has 279 valence electrons. The van der Waals surface area contributed by atoms with Gasteiger partial charge in [-0.3, -0.25) is 0 Å². The summed E-state index contributed by atoms with van der Waals surface area (Å²) < 4.78 is 5.63. The zero-order valence-electron chi connectivity index (χ0n) is 32.4. The Balaban J connectivity index is 1.23. The Labute approximate surface area is 347 Å². The summed E-state index contributed by atoms with van der Waals surface area (Å²) in [6.07, 6.45) is 15.9. The molecule has 0 aliphatic heterocycles. The van der Waals surface area contributed by atoms with Crippen LogP contribution in [0.15, 0.2) is 147 Å². The van der Waals surface area contributed by atoms with Gasteiger partial charge in [-0.15, -0.1) is 11.3 Å². The molecule has 0 saturated carbocycles. The Bertz CT molecular complexity index is 2970. The van der Waals surface area contributed by atoms with Crippen LogP contribution in [0.2, 0.25) is 6.82 Å². The van der Waals surface area contributed by atoms with Gasteiger partial charge < -0.3 is 4.57 Å². The molecule has 0 unspecified atom stereocenters. The van der Waals surface area contributed by atoms with Crippen molar-refractivity contribution in [2.75, 3.05) is 0 Å². The monoisotopic (exact) mass is 784 g/mol. The van der Waals surface area contributed by atoms with Crippen molar-refractivity contribution in [3.63, 3.8) is 0 Å². The molecule has 0 aliphatic carbocycles. The van der Waals surface area contributed by atoms with E-state index in [1.165, 1.54) is 4.78 Å². The van der Waals surface area contributed by atoms with Crippen molar-refractivity contribution >= 4 is 75.8 Å². The Hall–Kier alpha value is -6.74. The molecule has 0 N–H and O–H groups in total. The van der Waals surface area contributed by atoms with Gasteiger partial charge in [0.25, 0.3) is 0 Å². The van der Waals surface area contributed by atoms with Gasteiger partial charge in [0.1, 0.15) is 5.01 Å². The number of fused-ring (bicyclic) bond motifs is 1. The lowest BCUT2D eigenvalue weighted by atomic mass is 9.78. The molecule has 0 amide bonds. The first-order valence-corrected chi connectivity index (χ1v) is 20.5. The number of thiophene rings is 1. The van der Waals surface area contributed by atoms with Crippen LogP contribution in [0.4, 0.5) is 0 Å². The van der Waals surface area contributed by atoms with Crippen molar-refractivity contribution in [1.29, 1.82) is 0 Å². The first-order chi connectivity index (χ1) is 28.4. The molecular weight excluding hydrogens is 746 g/mol. The summed E-state index contributed by atoms with van der Waals surface area (Å²) in [4.78, 5) is 19.9. The summed E-state index contributed by atoms with van der Waals surface area (Å²) >= 11 is 3.39. The third-order valence-electron chi connectivity index (χ3n) is 9.87. The summed E-state index contributed by atoms with van der Waals surface area (Å²) in [5.41, 5.74) is 11.0. The zero-order chi connectivity index (χ0) is 40.2. The molecular formula is C50H39BN5S2. The lowest BCUT2D eigenvalue weighted by Gasteiger charge is -2.11. The van der Waals surface area contributed by atoms with Crippen molar-refractivity contribution in [2.45, 2.75) is 13.7 Å². The van der Waals surface area contributed by atoms with Crippen LogP contribution in [0.25, 0.3) is 91.5 Å². The highest BCUT2D eigenvalue weighted by atomic mass is 32.1. The number of aromatic nitrogens is 5. The van der Waals surface area contributed by atoms with Gasteiger partial charge in [-0.25, -0.2) is 19.9 Å². The number of benzene rings is 4. The first-order valence-electron chi connectivity index (χ1n) is 18.9. The van der Waals surface area contributed by atoms with Crippen LogP contribution < -0.4 is 14.5 Å². The average molecular weight is 785 g/mol. The molecule has 4 heterocycles. The highest BCUT2D eigenvalue weighted by Gasteiger charge is 2.19. The summed E-state index contributed by atoms with van der Waals surface area (Å²) in [6, 6.07) is 34.9. The van der Waals surface area contributed by atoms with Crippen LogP contribution in [-0.2, 0) is 0 Å². The van der Waals surface area contributed by atoms with Crippen molar-refractivity contribution in [3.05, 3.63) is 185 Å². The van der Waals surface area contributed by atoms with Crippen molar-refractivity contribution < 1.29 is 0 Å². The molecule has 4 aromatic heterocycles. The van der Waals surface area contributed by atoms with Crippen LogP contribution in [0.5, 0.6) is 0 Å². The summed E-state index contributed by atoms with van der Waals surface area (Å²) in [5.74, 6) is 1.85. The molecule has 4 aromatic carbocycles. The number of hydrogen-bond acceptors (Lipinski definition) is 6. The van der Waals surface area contributed by atoms with E-state index in [2.05, 4.69) is 113 Å². The largest absolute Gasteiger partial charge is 0.313 e. The molecule has 5 nitrogen and oxygen atoms in total. The molecule has 0 bridgehead atoms. The van der Waals surface area contributed by atoms with Gasteiger partial charge in [-0.05, 0) is 58.9 Å². The van der Waals surface area contributed by atoms with E-state index in [4.69, 9.17) is 19.9 Å². The van der Waals surface area contributed by atoms with Gasteiger partial charge in [0.05, 0.1) is 15.9 Å². The predicted octanol–water partition coefficient (Wildman–Crippen LogP) is 11.0.